The molecule has 2 atom stereocenters. The Morgan fingerprint density at radius 3 is 2.68 bits per heavy atom. The maximum absolute atomic E-state index is 12.3. The van der Waals surface area contributed by atoms with E-state index in [-0.39, 0.29) is 18.5 Å². The van der Waals surface area contributed by atoms with Gasteiger partial charge in [0, 0.05) is 19.6 Å². The van der Waals surface area contributed by atoms with Gasteiger partial charge < -0.3 is 24.8 Å². The van der Waals surface area contributed by atoms with E-state index in [0.717, 1.165) is 17.1 Å². The van der Waals surface area contributed by atoms with E-state index in [4.69, 9.17) is 9.47 Å². The van der Waals surface area contributed by atoms with Gasteiger partial charge in [0.05, 0.1) is 20.1 Å². The highest BCUT2D eigenvalue weighted by atomic mass is 16.5. The van der Waals surface area contributed by atoms with Gasteiger partial charge in [0.2, 0.25) is 0 Å². The minimum absolute atomic E-state index is 0.180. The van der Waals surface area contributed by atoms with Crippen LogP contribution in [0.1, 0.15) is 18.9 Å². The molecule has 25 heavy (non-hydrogen) atoms. The van der Waals surface area contributed by atoms with Crippen molar-refractivity contribution in [2.45, 2.75) is 19.8 Å². The Morgan fingerprint density at radius 1 is 1.28 bits per heavy atom. The maximum Gasteiger partial charge on any atom is 0.317 e. The second kappa shape index (κ2) is 8.60. The van der Waals surface area contributed by atoms with Crippen LogP contribution in [0.25, 0.3) is 0 Å². The zero-order valence-corrected chi connectivity index (χ0v) is 14.9. The van der Waals surface area contributed by atoms with E-state index in [1.54, 1.807) is 19.1 Å². The topological polar surface area (TPSA) is 88.1 Å². The quantitative estimate of drug-likeness (QED) is 0.819. The number of rotatable bonds is 6. The Morgan fingerprint density at radius 2 is 2.04 bits per heavy atom. The molecule has 2 amide bonds. The summed E-state index contributed by atoms with van der Waals surface area (Å²) in [6.45, 7) is 3.24. The zero-order valence-electron chi connectivity index (χ0n) is 14.9. The van der Waals surface area contributed by atoms with Crippen molar-refractivity contribution in [1.29, 1.82) is 0 Å². The van der Waals surface area contributed by atoms with Crippen molar-refractivity contribution in [2.75, 3.05) is 33.9 Å². The van der Waals surface area contributed by atoms with Crippen molar-refractivity contribution in [3.8, 4) is 11.5 Å². The smallest absolute Gasteiger partial charge is 0.317 e. The third-order valence-electron chi connectivity index (χ3n) is 4.45. The fourth-order valence-electron chi connectivity index (χ4n) is 3.19. The summed E-state index contributed by atoms with van der Waals surface area (Å²) >= 11 is 0. The zero-order chi connectivity index (χ0) is 18.4. The molecule has 2 N–H and O–H groups in total. The normalized spacial score (nSPS) is 20.0. The van der Waals surface area contributed by atoms with Crippen LogP contribution in [0.15, 0.2) is 18.2 Å². The van der Waals surface area contributed by atoms with Gasteiger partial charge in [-0.1, -0.05) is 6.92 Å². The lowest BCUT2D eigenvalue weighted by Gasteiger charge is -2.34. The highest BCUT2D eigenvalue weighted by Crippen LogP contribution is 2.24. The van der Waals surface area contributed by atoms with Crippen LogP contribution in [-0.2, 0) is 11.2 Å². The molecule has 1 fully saturated rings. The summed E-state index contributed by atoms with van der Waals surface area (Å²) in [6, 6.07) is 5.32. The van der Waals surface area contributed by atoms with E-state index in [2.05, 4.69) is 5.32 Å². The number of hydrogen-bond acceptors (Lipinski definition) is 4. The summed E-state index contributed by atoms with van der Waals surface area (Å²) in [5, 5.41) is 12.1. The SMILES string of the molecule is COc1ccc(OC)c(CCNC(=O)N2CC(C)CC(C(=O)O)C2)c1. The lowest BCUT2D eigenvalue weighted by atomic mass is 9.91. The number of hydrogen-bond donors (Lipinski definition) is 2. The van der Waals surface area contributed by atoms with E-state index in [1.165, 1.54) is 0 Å². The van der Waals surface area contributed by atoms with Gasteiger partial charge in [0.25, 0.3) is 0 Å². The number of urea groups is 1. The molecule has 0 aliphatic carbocycles. The minimum Gasteiger partial charge on any atom is -0.497 e. The molecule has 0 aromatic heterocycles. The van der Waals surface area contributed by atoms with Crippen molar-refractivity contribution in [2.24, 2.45) is 11.8 Å². The predicted octanol–water partition coefficient (Wildman–Crippen LogP) is 2.00. The molecular weight excluding hydrogens is 324 g/mol. The maximum atomic E-state index is 12.3. The number of carbonyl (C=O) groups is 2. The van der Waals surface area contributed by atoms with E-state index in [0.29, 0.717) is 25.9 Å². The first-order valence-corrected chi connectivity index (χ1v) is 8.41. The molecule has 2 rings (SSSR count). The minimum atomic E-state index is -0.842. The van der Waals surface area contributed by atoms with Gasteiger partial charge >= 0.3 is 12.0 Å². The molecule has 1 saturated heterocycles. The number of carboxylic acid groups (broad SMARTS) is 1. The molecule has 1 aromatic carbocycles. The number of methoxy groups -OCH3 is 2. The highest BCUT2D eigenvalue weighted by molar-refractivity contribution is 5.76. The Hall–Kier alpha value is -2.44. The van der Waals surface area contributed by atoms with Gasteiger partial charge in [0.15, 0.2) is 0 Å². The average Bonchev–Trinajstić information content (AvgIpc) is 2.60. The van der Waals surface area contributed by atoms with Crippen molar-refractivity contribution in [3.05, 3.63) is 23.8 Å². The molecule has 1 aliphatic heterocycles. The van der Waals surface area contributed by atoms with E-state index in [1.807, 2.05) is 25.1 Å². The standard InChI is InChI=1S/C18H26N2O5/c1-12-8-14(17(21)22)11-20(10-12)18(23)19-7-6-13-9-15(24-2)4-5-16(13)25-3/h4-5,9,12,14H,6-8,10-11H2,1-3H3,(H,19,23)(H,21,22). The first-order valence-electron chi connectivity index (χ1n) is 8.41. The number of carbonyl (C=O) groups excluding carboxylic acids is 1. The number of piperidine rings is 1. The van der Waals surface area contributed by atoms with Gasteiger partial charge in [-0.25, -0.2) is 4.79 Å². The van der Waals surface area contributed by atoms with E-state index >= 15 is 0 Å². The van der Waals surface area contributed by atoms with Crippen LogP contribution in [0, 0.1) is 11.8 Å². The number of amides is 2. The summed E-state index contributed by atoms with van der Waals surface area (Å²) in [6.07, 6.45) is 1.21. The van der Waals surface area contributed by atoms with Crippen LogP contribution in [0.2, 0.25) is 0 Å². The average molecular weight is 350 g/mol. The van der Waals surface area contributed by atoms with Crippen molar-refractivity contribution < 1.29 is 24.2 Å². The van der Waals surface area contributed by atoms with Gasteiger partial charge in [-0.05, 0) is 42.5 Å². The Balaban J connectivity index is 1.91. The molecule has 138 valence electrons. The third kappa shape index (κ3) is 5.01. The van der Waals surface area contributed by atoms with Crippen LogP contribution in [0.4, 0.5) is 4.79 Å². The van der Waals surface area contributed by atoms with Crippen LogP contribution < -0.4 is 14.8 Å². The van der Waals surface area contributed by atoms with Gasteiger partial charge in [-0.15, -0.1) is 0 Å². The Bertz CT molecular complexity index is 619. The van der Waals surface area contributed by atoms with Gasteiger partial charge in [-0.3, -0.25) is 4.79 Å². The predicted molar refractivity (Wildman–Crippen MR) is 93.1 cm³/mol. The largest absolute Gasteiger partial charge is 0.497 e. The van der Waals surface area contributed by atoms with Gasteiger partial charge in [-0.2, -0.15) is 0 Å². The molecule has 7 heteroatoms. The highest BCUT2D eigenvalue weighted by Gasteiger charge is 2.31. The van der Waals surface area contributed by atoms with Crippen LogP contribution in [0.5, 0.6) is 11.5 Å². The summed E-state index contributed by atoms with van der Waals surface area (Å²) in [5.74, 6) is 0.321. The molecule has 1 aliphatic rings. The lowest BCUT2D eigenvalue weighted by molar-refractivity contribution is -0.143. The molecule has 1 heterocycles. The first-order chi connectivity index (χ1) is 11.9. The number of carboxylic acids is 1. The molecular formula is C18H26N2O5. The van der Waals surface area contributed by atoms with Crippen LogP contribution in [0.3, 0.4) is 0 Å². The fourth-order valence-corrected chi connectivity index (χ4v) is 3.19. The molecule has 0 spiro atoms. The number of aliphatic carboxylic acids is 1. The number of likely N-dealkylation sites (tertiary alicyclic amines) is 1. The van der Waals surface area contributed by atoms with Crippen LogP contribution >= 0.6 is 0 Å². The van der Waals surface area contributed by atoms with Crippen molar-refractivity contribution in [1.82, 2.24) is 10.2 Å². The number of nitrogens with zero attached hydrogens (tertiary/aromatic N) is 1. The Labute approximate surface area is 147 Å². The monoisotopic (exact) mass is 350 g/mol. The third-order valence-corrected chi connectivity index (χ3v) is 4.45. The summed E-state index contributed by atoms with van der Waals surface area (Å²) in [5.41, 5.74) is 0.942. The first kappa shape index (κ1) is 18.9. The van der Waals surface area contributed by atoms with Crippen LogP contribution in [-0.4, -0.2) is 55.9 Å². The van der Waals surface area contributed by atoms with E-state index < -0.39 is 11.9 Å². The second-order valence-corrected chi connectivity index (χ2v) is 6.44. The molecule has 0 saturated carbocycles. The summed E-state index contributed by atoms with van der Waals surface area (Å²) < 4.78 is 10.5. The number of benzene rings is 1. The molecule has 1 aromatic rings. The molecule has 7 nitrogen and oxygen atoms in total. The second-order valence-electron chi connectivity index (χ2n) is 6.44. The summed E-state index contributed by atoms with van der Waals surface area (Å²) in [7, 11) is 3.20. The molecule has 0 radical (unpaired) electrons. The van der Waals surface area contributed by atoms with Crippen molar-refractivity contribution >= 4 is 12.0 Å². The summed E-state index contributed by atoms with van der Waals surface area (Å²) in [4.78, 5) is 25.2. The fraction of sp³-hybridized carbons (Fsp3) is 0.556. The number of ether oxygens (including phenoxy) is 2. The Kier molecular flexibility index (Phi) is 6.50. The lowest BCUT2D eigenvalue weighted by Crippen LogP contribution is -2.49. The number of nitrogens with one attached hydrogen (secondary N) is 1. The van der Waals surface area contributed by atoms with Crippen molar-refractivity contribution in [3.63, 3.8) is 0 Å². The molecule has 0 bridgehead atoms. The van der Waals surface area contributed by atoms with Gasteiger partial charge in [0.1, 0.15) is 11.5 Å². The van der Waals surface area contributed by atoms with E-state index in [9.17, 15) is 14.7 Å². The molecule has 2 unspecified atom stereocenters.